The lowest BCUT2D eigenvalue weighted by atomic mass is 10.2. The maximum absolute atomic E-state index is 5.34. The summed E-state index contributed by atoms with van der Waals surface area (Å²) in [4.78, 5) is 2.93. The lowest BCUT2D eigenvalue weighted by molar-refractivity contribution is 0.501. The van der Waals surface area contributed by atoms with E-state index in [1.807, 2.05) is 25.2 Å². The van der Waals surface area contributed by atoms with Crippen LogP contribution < -0.4 is 0 Å². The molecule has 2 heteroatoms. The van der Waals surface area contributed by atoms with E-state index in [-0.39, 0.29) is 0 Å². The fraction of sp³-hybridized carbons (Fsp3) is 0.500. The number of furan rings is 1. The first kappa shape index (κ1) is 15.0. The minimum Gasteiger partial charge on any atom is -0.466 e. The van der Waals surface area contributed by atoms with Gasteiger partial charge < -0.3 is 4.42 Å². The Hall–Kier alpha value is -1.02. The summed E-state index contributed by atoms with van der Waals surface area (Å²) in [7, 11) is 0. The number of aryl methyl sites for hydroxylation is 4. The minimum absolute atomic E-state index is 1.05. The number of rotatable bonds is 0. The van der Waals surface area contributed by atoms with Gasteiger partial charge in [0.05, 0.1) is 0 Å². The maximum atomic E-state index is 5.34. The predicted octanol–water partition coefficient (Wildman–Crippen LogP) is 5.50. The standard InChI is InChI=1S/C8H12O.C8H12S/c2*1-5-6(2)8(4)9-7(5)3/h2*1-4H3. The predicted molar refractivity (Wildman–Crippen MR) is 80.9 cm³/mol. The van der Waals surface area contributed by atoms with E-state index >= 15 is 0 Å². The van der Waals surface area contributed by atoms with Gasteiger partial charge in [-0.1, -0.05) is 0 Å². The van der Waals surface area contributed by atoms with Gasteiger partial charge in [0.15, 0.2) is 0 Å². The molecule has 0 aliphatic heterocycles. The minimum atomic E-state index is 1.05. The molecule has 0 N–H and O–H groups in total. The molecule has 2 rings (SSSR count). The van der Waals surface area contributed by atoms with Gasteiger partial charge >= 0.3 is 0 Å². The topological polar surface area (TPSA) is 13.1 Å². The van der Waals surface area contributed by atoms with Gasteiger partial charge in [0, 0.05) is 9.75 Å². The van der Waals surface area contributed by atoms with Crippen molar-refractivity contribution in [2.24, 2.45) is 0 Å². The first-order valence-corrected chi connectivity index (χ1v) is 7.13. The van der Waals surface area contributed by atoms with Gasteiger partial charge in [0.25, 0.3) is 0 Å². The van der Waals surface area contributed by atoms with Crippen molar-refractivity contribution in [3.8, 4) is 0 Å². The Morgan fingerprint density at radius 1 is 0.556 bits per heavy atom. The van der Waals surface area contributed by atoms with E-state index in [0.29, 0.717) is 0 Å². The van der Waals surface area contributed by atoms with Crippen LogP contribution in [0.1, 0.15) is 43.5 Å². The highest BCUT2D eigenvalue weighted by molar-refractivity contribution is 7.12. The van der Waals surface area contributed by atoms with Gasteiger partial charge in [-0.15, -0.1) is 11.3 Å². The molecule has 0 saturated carbocycles. The second-order valence-electron chi connectivity index (χ2n) is 4.93. The van der Waals surface area contributed by atoms with Crippen molar-refractivity contribution in [3.63, 3.8) is 0 Å². The van der Waals surface area contributed by atoms with Crippen molar-refractivity contribution in [1.82, 2.24) is 0 Å². The number of hydrogen-bond acceptors (Lipinski definition) is 2. The van der Waals surface area contributed by atoms with E-state index in [1.54, 1.807) is 0 Å². The Balaban J connectivity index is 0.000000180. The molecule has 0 unspecified atom stereocenters. The quantitative estimate of drug-likeness (QED) is 0.612. The Labute approximate surface area is 115 Å². The highest BCUT2D eigenvalue weighted by Crippen LogP contribution is 2.24. The normalized spacial score (nSPS) is 10.2. The first-order chi connectivity index (χ1) is 8.25. The third-order valence-electron chi connectivity index (χ3n) is 3.85. The van der Waals surface area contributed by atoms with Crippen molar-refractivity contribution >= 4 is 11.3 Å². The Morgan fingerprint density at radius 3 is 1.00 bits per heavy atom. The Bertz CT molecular complexity index is 449. The molecule has 0 spiro atoms. The van der Waals surface area contributed by atoms with Crippen LogP contribution in [0.4, 0.5) is 0 Å². The molecule has 0 fully saturated rings. The largest absolute Gasteiger partial charge is 0.466 e. The van der Waals surface area contributed by atoms with Crippen molar-refractivity contribution in [1.29, 1.82) is 0 Å². The average Bonchev–Trinajstić information content (AvgIpc) is 2.66. The van der Waals surface area contributed by atoms with Crippen LogP contribution in [0.3, 0.4) is 0 Å². The molecule has 0 aliphatic carbocycles. The average molecular weight is 264 g/mol. The first-order valence-electron chi connectivity index (χ1n) is 6.32. The van der Waals surface area contributed by atoms with Gasteiger partial charge in [0.1, 0.15) is 11.5 Å². The smallest absolute Gasteiger partial charge is 0.104 e. The van der Waals surface area contributed by atoms with Crippen LogP contribution in [-0.4, -0.2) is 0 Å². The van der Waals surface area contributed by atoms with Crippen molar-refractivity contribution in [2.75, 3.05) is 0 Å². The van der Waals surface area contributed by atoms with Crippen molar-refractivity contribution in [3.05, 3.63) is 43.5 Å². The lowest BCUT2D eigenvalue weighted by Gasteiger charge is -1.88. The Kier molecular flexibility index (Phi) is 4.80. The van der Waals surface area contributed by atoms with Gasteiger partial charge in [0.2, 0.25) is 0 Å². The summed E-state index contributed by atoms with van der Waals surface area (Å²) in [5.41, 5.74) is 5.51. The van der Waals surface area contributed by atoms with Crippen LogP contribution in [0.5, 0.6) is 0 Å². The monoisotopic (exact) mass is 264 g/mol. The lowest BCUT2D eigenvalue weighted by Crippen LogP contribution is -1.73. The fourth-order valence-electron chi connectivity index (χ4n) is 1.82. The summed E-state index contributed by atoms with van der Waals surface area (Å²) in [5, 5.41) is 0. The molecule has 18 heavy (non-hydrogen) atoms. The molecule has 2 aromatic rings. The molecule has 0 amide bonds. The van der Waals surface area contributed by atoms with E-state index in [9.17, 15) is 0 Å². The van der Waals surface area contributed by atoms with Crippen molar-refractivity contribution < 1.29 is 4.42 Å². The van der Waals surface area contributed by atoms with Crippen LogP contribution in [-0.2, 0) is 0 Å². The van der Waals surface area contributed by atoms with Crippen molar-refractivity contribution in [2.45, 2.75) is 55.4 Å². The zero-order valence-corrected chi connectivity index (χ0v) is 13.6. The second kappa shape index (κ2) is 5.75. The maximum Gasteiger partial charge on any atom is 0.104 e. The summed E-state index contributed by atoms with van der Waals surface area (Å²) < 4.78 is 5.34. The van der Waals surface area contributed by atoms with E-state index in [2.05, 4.69) is 41.5 Å². The Morgan fingerprint density at radius 2 is 0.889 bits per heavy atom. The molecule has 0 aromatic carbocycles. The molecule has 1 nitrogen and oxygen atoms in total. The van der Waals surface area contributed by atoms with E-state index < -0.39 is 0 Å². The third-order valence-corrected chi connectivity index (χ3v) is 5.07. The van der Waals surface area contributed by atoms with Crippen LogP contribution >= 0.6 is 11.3 Å². The molecule has 2 aromatic heterocycles. The summed E-state index contributed by atoms with van der Waals surface area (Å²) >= 11 is 1.90. The summed E-state index contributed by atoms with van der Waals surface area (Å²) in [6.45, 7) is 16.9. The summed E-state index contributed by atoms with van der Waals surface area (Å²) in [6.07, 6.45) is 0. The highest BCUT2D eigenvalue weighted by Gasteiger charge is 2.04. The highest BCUT2D eigenvalue weighted by atomic mass is 32.1. The van der Waals surface area contributed by atoms with Crippen LogP contribution in [0, 0.1) is 55.4 Å². The molecule has 0 aliphatic rings. The molecule has 0 saturated heterocycles. The van der Waals surface area contributed by atoms with Crippen LogP contribution in [0.15, 0.2) is 4.42 Å². The molecular formula is C16H24OS. The zero-order chi connectivity index (χ0) is 14.0. The molecule has 0 bridgehead atoms. The summed E-state index contributed by atoms with van der Waals surface area (Å²) in [6, 6.07) is 0. The fourth-order valence-corrected chi connectivity index (χ4v) is 2.89. The van der Waals surface area contributed by atoms with Gasteiger partial charge in [-0.2, -0.15) is 0 Å². The molecule has 0 atom stereocenters. The SMILES string of the molecule is Cc1oc(C)c(C)c1C.Cc1sc(C)c(C)c1C. The zero-order valence-electron chi connectivity index (χ0n) is 12.8. The second-order valence-corrected chi connectivity index (χ2v) is 6.36. The molecule has 0 radical (unpaired) electrons. The van der Waals surface area contributed by atoms with Crippen LogP contribution in [0.2, 0.25) is 0 Å². The molecule has 2 heterocycles. The number of hydrogen-bond donors (Lipinski definition) is 0. The number of thiophene rings is 1. The van der Waals surface area contributed by atoms with Gasteiger partial charge in [-0.05, 0) is 77.6 Å². The van der Waals surface area contributed by atoms with Gasteiger partial charge in [-0.25, -0.2) is 0 Å². The van der Waals surface area contributed by atoms with E-state index in [1.165, 1.54) is 32.0 Å². The third kappa shape index (κ3) is 3.05. The molecular weight excluding hydrogens is 240 g/mol. The summed E-state index contributed by atoms with van der Waals surface area (Å²) in [5.74, 6) is 2.09. The van der Waals surface area contributed by atoms with E-state index in [4.69, 9.17) is 4.42 Å². The molecule has 100 valence electrons. The van der Waals surface area contributed by atoms with E-state index in [0.717, 1.165) is 11.5 Å². The van der Waals surface area contributed by atoms with Gasteiger partial charge in [-0.3, -0.25) is 0 Å². The van der Waals surface area contributed by atoms with Crippen LogP contribution in [0.25, 0.3) is 0 Å².